The van der Waals surface area contributed by atoms with Crippen LogP contribution in [0.3, 0.4) is 0 Å². The maximum Gasteiger partial charge on any atom is 0.416 e. The molecule has 442 valence electrons. The zero-order valence-electron chi connectivity index (χ0n) is 50.0. The molecule has 0 spiro atoms. The molecule has 0 atom stereocenters. The van der Waals surface area contributed by atoms with Crippen molar-refractivity contribution in [2.75, 3.05) is 0 Å². The van der Waals surface area contributed by atoms with Gasteiger partial charge in [-0.2, -0.15) is 23.7 Å². The van der Waals surface area contributed by atoms with E-state index in [4.69, 9.17) is 19.9 Å². The van der Waals surface area contributed by atoms with Gasteiger partial charge in [0.15, 0.2) is 0 Å². The SMILES string of the molecule is N#Cc1cc(-c2ccc(-n3c4ccc(-c5ccc(-c6ccccc6)nc5)cc4c4cc(-c5ccc(-c6ccccc6)nc5)ccc43)c(C#N)c2-n2c3ccc(-c4ccc(-c5ccccc5)nc4)cc3c3cc(-c4ccc(-c5ccccc5)nc4)ccc32)cc(C(F)(F)F)c1. The first-order chi connectivity index (χ1) is 46.1. The van der Waals surface area contributed by atoms with E-state index in [1.54, 1.807) is 6.07 Å². The third-order valence-electron chi connectivity index (χ3n) is 17.6. The summed E-state index contributed by atoms with van der Waals surface area (Å²) in [4.78, 5) is 19.6. The third-order valence-corrected chi connectivity index (χ3v) is 17.6. The largest absolute Gasteiger partial charge is 0.416 e. The number of nitriles is 2. The fourth-order valence-electron chi connectivity index (χ4n) is 13.0. The number of pyridine rings is 4. The maximum atomic E-state index is 15.1. The number of alkyl halides is 3. The average Bonchev–Trinajstić information content (AvgIpc) is 1.51. The van der Waals surface area contributed by atoms with Gasteiger partial charge in [-0.05, 0) is 125 Å². The lowest BCUT2D eigenvalue weighted by atomic mass is 9.95. The van der Waals surface area contributed by atoms with Gasteiger partial charge in [-0.1, -0.05) is 176 Å². The molecule has 6 aromatic heterocycles. The molecule has 0 bridgehead atoms. The number of benzene rings is 10. The minimum Gasteiger partial charge on any atom is -0.308 e. The predicted molar refractivity (Wildman–Crippen MR) is 370 cm³/mol. The highest BCUT2D eigenvalue weighted by molar-refractivity contribution is 6.14. The lowest BCUT2D eigenvalue weighted by Crippen LogP contribution is -2.08. The second-order valence-electron chi connectivity index (χ2n) is 23.2. The van der Waals surface area contributed by atoms with Crippen molar-refractivity contribution in [2.45, 2.75) is 6.18 Å². The number of fused-ring (bicyclic) bond motifs is 6. The van der Waals surface area contributed by atoms with E-state index in [0.29, 0.717) is 28.0 Å². The van der Waals surface area contributed by atoms with E-state index in [1.807, 2.05) is 223 Å². The van der Waals surface area contributed by atoms with Crippen LogP contribution in [0.4, 0.5) is 13.2 Å². The molecule has 0 unspecified atom stereocenters. The van der Waals surface area contributed by atoms with Crippen LogP contribution < -0.4 is 0 Å². The van der Waals surface area contributed by atoms with E-state index >= 15 is 13.2 Å². The Hall–Kier alpha value is -12.8. The number of hydrogen-bond donors (Lipinski definition) is 0. The second kappa shape index (κ2) is 23.2. The van der Waals surface area contributed by atoms with Crippen LogP contribution in [0.5, 0.6) is 0 Å². The van der Waals surface area contributed by atoms with Crippen LogP contribution in [0.15, 0.2) is 298 Å². The number of halogens is 3. The summed E-state index contributed by atoms with van der Waals surface area (Å²) in [7, 11) is 0. The maximum absolute atomic E-state index is 15.1. The summed E-state index contributed by atoms with van der Waals surface area (Å²) in [6.45, 7) is 0. The van der Waals surface area contributed by atoms with Gasteiger partial charge in [-0.25, -0.2) is 0 Å². The van der Waals surface area contributed by atoms with Crippen LogP contribution in [-0.2, 0) is 6.18 Å². The molecule has 0 radical (unpaired) electrons. The summed E-state index contributed by atoms with van der Waals surface area (Å²) in [5.41, 5.74) is 17.6. The van der Waals surface area contributed by atoms with Crippen LogP contribution in [0.25, 0.3) is 156 Å². The zero-order chi connectivity index (χ0) is 63.4. The molecule has 11 heteroatoms. The number of nitrogens with zero attached hydrogens (tertiary/aromatic N) is 8. The van der Waals surface area contributed by atoms with Gasteiger partial charge >= 0.3 is 6.18 Å². The summed E-state index contributed by atoms with van der Waals surface area (Å²) in [6.07, 6.45) is 2.68. The van der Waals surface area contributed by atoms with Crippen LogP contribution in [0.1, 0.15) is 16.7 Å². The van der Waals surface area contributed by atoms with Gasteiger partial charge in [0.25, 0.3) is 0 Å². The van der Waals surface area contributed by atoms with E-state index in [9.17, 15) is 10.5 Å². The van der Waals surface area contributed by atoms with Crippen molar-refractivity contribution in [1.29, 1.82) is 10.5 Å². The van der Waals surface area contributed by atoms with E-state index < -0.39 is 11.7 Å². The first-order valence-electron chi connectivity index (χ1n) is 30.6. The Bertz CT molecular complexity index is 5400. The molecule has 0 aliphatic heterocycles. The standard InChI is InChI=1S/C83H49F3N8/c84-83(85,86)66-40-52(46-87)39-65(41-66)67-29-38-81(93-77-34-25-57(61-21-30-73(89-48-61)53-13-5-1-6-14-53)42-68(77)69-43-58(26-35-78(69)93)62-22-31-74(90-49-62)54-15-7-2-8-16-54)72(47-88)82(67)94-79-36-27-59(63-23-32-75(91-50-63)55-17-9-3-10-18-55)44-70(79)71-45-60(28-37-80(71)94)64-24-33-76(92-51-64)56-19-11-4-12-20-56/h1-45,48-51H. The zero-order valence-corrected chi connectivity index (χ0v) is 50.0. The third kappa shape index (κ3) is 10.2. The van der Waals surface area contributed by atoms with Gasteiger partial charge in [0.1, 0.15) is 11.6 Å². The normalized spacial score (nSPS) is 11.5. The molecule has 0 amide bonds. The Morgan fingerprint density at radius 2 is 0.638 bits per heavy atom. The monoisotopic (exact) mass is 1210 g/mol. The Morgan fingerprint density at radius 1 is 0.298 bits per heavy atom. The molecule has 94 heavy (non-hydrogen) atoms. The first-order valence-corrected chi connectivity index (χ1v) is 30.6. The summed E-state index contributed by atoms with van der Waals surface area (Å²) < 4.78 is 49.4. The molecule has 0 saturated carbocycles. The number of rotatable bonds is 11. The highest BCUT2D eigenvalue weighted by Crippen LogP contribution is 2.46. The molecule has 16 rings (SSSR count). The van der Waals surface area contributed by atoms with Crippen molar-refractivity contribution in [3.05, 3.63) is 314 Å². The van der Waals surface area contributed by atoms with Gasteiger partial charge in [0.05, 0.1) is 73.4 Å². The quantitative estimate of drug-likeness (QED) is 0.128. The van der Waals surface area contributed by atoms with Crippen molar-refractivity contribution in [1.82, 2.24) is 29.1 Å². The average molecular weight is 1220 g/mol. The van der Waals surface area contributed by atoms with Gasteiger partial charge in [0.2, 0.25) is 0 Å². The lowest BCUT2D eigenvalue weighted by molar-refractivity contribution is -0.137. The molecule has 0 aliphatic rings. The summed E-state index contributed by atoms with van der Waals surface area (Å²) >= 11 is 0. The van der Waals surface area contributed by atoms with E-state index in [0.717, 1.165) is 134 Å². The van der Waals surface area contributed by atoms with E-state index in [1.165, 1.54) is 6.07 Å². The molecule has 0 N–H and O–H groups in total. The summed E-state index contributed by atoms with van der Waals surface area (Å²) in [5.74, 6) is 0. The van der Waals surface area contributed by atoms with Gasteiger partial charge in [0, 0.05) is 96.4 Å². The molecule has 8 nitrogen and oxygen atoms in total. The fraction of sp³-hybridized carbons (Fsp3) is 0.0120. The molecule has 0 aliphatic carbocycles. The van der Waals surface area contributed by atoms with Crippen molar-refractivity contribution in [2.24, 2.45) is 0 Å². The van der Waals surface area contributed by atoms with Crippen molar-refractivity contribution >= 4 is 43.6 Å². The molecule has 10 aromatic carbocycles. The van der Waals surface area contributed by atoms with Gasteiger partial charge < -0.3 is 9.13 Å². The van der Waals surface area contributed by atoms with Crippen molar-refractivity contribution < 1.29 is 13.2 Å². The van der Waals surface area contributed by atoms with Crippen LogP contribution in [0, 0.1) is 22.7 Å². The highest BCUT2D eigenvalue weighted by Gasteiger charge is 2.33. The fourth-order valence-corrected chi connectivity index (χ4v) is 13.0. The summed E-state index contributed by atoms with van der Waals surface area (Å²) in [5, 5.41) is 26.0. The number of aromatic nitrogens is 6. The molecule has 6 heterocycles. The Labute approximate surface area is 538 Å². The summed E-state index contributed by atoms with van der Waals surface area (Å²) in [6, 6.07) is 92.7. The van der Waals surface area contributed by atoms with Crippen LogP contribution in [0.2, 0.25) is 0 Å². The molecule has 0 fully saturated rings. The van der Waals surface area contributed by atoms with Crippen molar-refractivity contribution in [3.63, 3.8) is 0 Å². The molecular weight excluding hydrogens is 1170 g/mol. The first kappa shape index (κ1) is 56.4. The Morgan fingerprint density at radius 3 is 0.947 bits per heavy atom. The van der Waals surface area contributed by atoms with Gasteiger partial charge in [-0.3, -0.25) is 19.9 Å². The highest BCUT2D eigenvalue weighted by atomic mass is 19.4. The van der Waals surface area contributed by atoms with Crippen molar-refractivity contribution in [3.8, 4) is 124 Å². The minimum absolute atomic E-state index is 0.108. The van der Waals surface area contributed by atoms with Crippen LogP contribution in [-0.4, -0.2) is 29.1 Å². The Balaban J connectivity index is 0.942. The smallest absolute Gasteiger partial charge is 0.308 e. The molecular formula is C83H49F3N8. The lowest BCUT2D eigenvalue weighted by Gasteiger charge is -2.21. The number of hydrogen-bond acceptors (Lipinski definition) is 6. The van der Waals surface area contributed by atoms with E-state index in [-0.39, 0.29) is 16.7 Å². The second-order valence-corrected chi connectivity index (χ2v) is 23.2. The van der Waals surface area contributed by atoms with Gasteiger partial charge in [-0.15, -0.1) is 0 Å². The molecule has 16 aromatic rings. The Kier molecular flexibility index (Phi) is 13.9. The van der Waals surface area contributed by atoms with Crippen LogP contribution >= 0.6 is 0 Å². The predicted octanol–water partition coefficient (Wildman–Crippen LogP) is 21.2. The van der Waals surface area contributed by atoms with E-state index in [2.05, 4.69) is 71.3 Å². The topological polar surface area (TPSA) is 109 Å². The molecule has 0 saturated heterocycles. The minimum atomic E-state index is -4.80.